The molecule has 0 radical (unpaired) electrons. The number of hydrogen-bond donors (Lipinski definition) is 2. The normalized spacial score (nSPS) is 11.4. The molecule has 15 heavy (non-hydrogen) atoms. The fourth-order valence-corrected chi connectivity index (χ4v) is 1.14. The van der Waals surface area contributed by atoms with Crippen molar-refractivity contribution in [2.24, 2.45) is 5.73 Å². The number of primary amides is 1. The lowest BCUT2D eigenvalue weighted by molar-refractivity contribution is -0.114. The van der Waals surface area contributed by atoms with Crippen molar-refractivity contribution in [3.05, 3.63) is 47.2 Å². The van der Waals surface area contributed by atoms with Crippen molar-refractivity contribution in [1.29, 1.82) is 5.26 Å². The summed E-state index contributed by atoms with van der Waals surface area (Å²) in [4.78, 5) is 10.7. The number of amides is 1. The maximum Gasteiger partial charge on any atom is 0.262 e. The fraction of sp³-hybridized carbons (Fsp3) is 0.0909. The smallest absolute Gasteiger partial charge is 0.262 e. The second-order valence-electron chi connectivity index (χ2n) is 2.96. The van der Waals surface area contributed by atoms with Gasteiger partial charge in [0.25, 0.3) is 5.91 Å². The summed E-state index contributed by atoms with van der Waals surface area (Å²) in [5.41, 5.74) is 5.34. The highest BCUT2D eigenvalue weighted by Crippen LogP contribution is 2.09. The first-order chi connectivity index (χ1) is 7.15. The summed E-state index contributed by atoms with van der Waals surface area (Å²) in [6.07, 6.45) is 0.132. The molecule has 3 N–H and O–H groups in total. The molecule has 0 bridgehead atoms. The van der Waals surface area contributed by atoms with Gasteiger partial charge in [0.1, 0.15) is 11.8 Å². The van der Waals surface area contributed by atoms with Crippen LogP contribution < -0.4 is 5.73 Å². The van der Waals surface area contributed by atoms with Gasteiger partial charge in [0.05, 0.1) is 0 Å². The molecule has 0 aliphatic carbocycles. The van der Waals surface area contributed by atoms with Crippen molar-refractivity contribution in [1.82, 2.24) is 0 Å². The number of rotatable bonds is 3. The minimum absolute atomic E-state index is 0.132. The van der Waals surface area contributed by atoms with Crippen molar-refractivity contribution in [3.8, 4) is 6.07 Å². The largest absolute Gasteiger partial charge is 0.510 e. The number of benzene rings is 1. The van der Waals surface area contributed by atoms with Gasteiger partial charge in [-0.1, -0.05) is 30.3 Å². The molecule has 4 nitrogen and oxygen atoms in total. The Morgan fingerprint density at radius 1 is 1.40 bits per heavy atom. The van der Waals surface area contributed by atoms with E-state index in [4.69, 9.17) is 11.0 Å². The molecule has 4 heteroatoms. The van der Waals surface area contributed by atoms with E-state index in [1.54, 1.807) is 30.3 Å². The van der Waals surface area contributed by atoms with Gasteiger partial charge < -0.3 is 10.8 Å². The maximum atomic E-state index is 10.7. The Kier molecular flexibility index (Phi) is 3.47. The summed E-state index contributed by atoms with van der Waals surface area (Å²) >= 11 is 0. The minimum atomic E-state index is -0.911. The highest BCUT2D eigenvalue weighted by molar-refractivity contribution is 5.96. The molecule has 76 valence electrons. The molecule has 0 saturated carbocycles. The molecule has 0 heterocycles. The molecule has 0 unspecified atom stereocenters. The van der Waals surface area contributed by atoms with E-state index in [-0.39, 0.29) is 17.8 Å². The SMILES string of the molecule is N#C/C(C(N)=O)=C(/O)Cc1ccccc1. The predicted molar refractivity (Wildman–Crippen MR) is 54.6 cm³/mol. The zero-order valence-corrected chi connectivity index (χ0v) is 7.97. The van der Waals surface area contributed by atoms with Gasteiger partial charge in [-0.15, -0.1) is 0 Å². The molecule has 0 aliphatic heterocycles. The molecule has 1 rings (SSSR count). The lowest BCUT2D eigenvalue weighted by Crippen LogP contribution is -2.15. The van der Waals surface area contributed by atoms with Gasteiger partial charge in [-0.3, -0.25) is 4.79 Å². The molecule has 0 aliphatic rings. The molecular formula is C11H10N2O2. The highest BCUT2D eigenvalue weighted by Gasteiger charge is 2.11. The lowest BCUT2D eigenvalue weighted by atomic mass is 10.1. The Morgan fingerprint density at radius 3 is 2.47 bits per heavy atom. The lowest BCUT2D eigenvalue weighted by Gasteiger charge is -2.01. The number of nitrogens with two attached hydrogens (primary N) is 1. The topological polar surface area (TPSA) is 87.1 Å². The van der Waals surface area contributed by atoms with Crippen LogP contribution in [0, 0.1) is 11.3 Å². The van der Waals surface area contributed by atoms with E-state index in [0.717, 1.165) is 5.56 Å². The molecule has 0 saturated heterocycles. The van der Waals surface area contributed by atoms with Crippen LogP contribution in [0.15, 0.2) is 41.7 Å². The van der Waals surface area contributed by atoms with Crippen LogP contribution in [0.2, 0.25) is 0 Å². The van der Waals surface area contributed by atoms with Crippen molar-refractivity contribution in [2.75, 3.05) is 0 Å². The summed E-state index contributed by atoms with van der Waals surface area (Å²) in [7, 11) is 0. The van der Waals surface area contributed by atoms with E-state index >= 15 is 0 Å². The zero-order valence-electron chi connectivity index (χ0n) is 7.97. The van der Waals surface area contributed by atoms with E-state index < -0.39 is 5.91 Å². The van der Waals surface area contributed by atoms with Crippen LogP contribution in [0.3, 0.4) is 0 Å². The van der Waals surface area contributed by atoms with E-state index in [2.05, 4.69) is 0 Å². The van der Waals surface area contributed by atoms with Crippen LogP contribution in [-0.4, -0.2) is 11.0 Å². The number of allylic oxidation sites excluding steroid dienone is 1. The molecule has 1 amide bonds. The average Bonchev–Trinajstić information content (AvgIpc) is 2.19. The molecule has 0 aromatic heterocycles. The Balaban J connectivity index is 2.92. The first kappa shape index (κ1) is 10.8. The number of nitrogens with zero attached hydrogens (tertiary/aromatic N) is 1. The summed E-state index contributed by atoms with van der Waals surface area (Å²) in [6.45, 7) is 0. The van der Waals surface area contributed by atoms with Crippen LogP contribution in [0.4, 0.5) is 0 Å². The third kappa shape index (κ3) is 2.85. The quantitative estimate of drug-likeness (QED) is 0.436. The predicted octanol–water partition coefficient (Wildman–Crippen LogP) is 1.05. The van der Waals surface area contributed by atoms with Gasteiger partial charge in [-0.05, 0) is 5.56 Å². The Morgan fingerprint density at radius 2 is 2.00 bits per heavy atom. The molecule has 0 spiro atoms. The van der Waals surface area contributed by atoms with Crippen LogP contribution in [-0.2, 0) is 11.2 Å². The van der Waals surface area contributed by atoms with Crippen molar-refractivity contribution >= 4 is 5.91 Å². The Bertz CT molecular complexity index is 430. The summed E-state index contributed by atoms with van der Waals surface area (Å²) in [5, 5.41) is 18.1. The van der Waals surface area contributed by atoms with Gasteiger partial charge in [0, 0.05) is 6.42 Å². The molecule has 1 aromatic carbocycles. The molecule has 0 fully saturated rings. The van der Waals surface area contributed by atoms with E-state index in [1.807, 2.05) is 6.07 Å². The van der Waals surface area contributed by atoms with Gasteiger partial charge in [-0.2, -0.15) is 5.26 Å². The van der Waals surface area contributed by atoms with Crippen molar-refractivity contribution in [2.45, 2.75) is 6.42 Å². The average molecular weight is 202 g/mol. The van der Waals surface area contributed by atoms with Crippen molar-refractivity contribution < 1.29 is 9.90 Å². The second-order valence-corrected chi connectivity index (χ2v) is 2.96. The minimum Gasteiger partial charge on any atom is -0.510 e. The highest BCUT2D eigenvalue weighted by atomic mass is 16.3. The summed E-state index contributed by atoms with van der Waals surface area (Å²) in [6, 6.07) is 10.6. The first-order valence-corrected chi connectivity index (χ1v) is 4.31. The monoisotopic (exact) mass is 202 g/mol. The number of nitriles is 1. The number of aliphatic hydroxyl groups is 1. The summed E-state index contributed by atoms with van der Waals surface area (Å²) < 4.78 is 0. The number of carbonyl (C=O) groups excluding carboxylic acids is 1. The number of carbonyl (C=O) groups is 1. The van der Waals surface area contributed by atoms with Gasteiger partial charge >= 0.3 is 0 Å². The van der Waals surface area contributed by atoms with E-state index in [1.165, 1.54) is 0 Å². The van der Waals surface area contributed by atoms with E-state index in [0.29, 0.717) is 0 Å². The van der Waals surface area contributed by atoms with Crippen molar-refractivity contribution in [3.63, 3.8) is 0 Å². The Hall–Kier alpha value is -2.28. The second kappa shape index (κ2) is 4.82. The Labute approximate surface area is 87.3 Å². The number of hydrogen-bond acceptors (Lipinski definition) is 3. The summed E-state index contributed by atoms with van der Waals surface area (Å²) in [5.74, 6) is -1.21. The third-order valence-corrected chi connectivity index (χ3v) is 1.86. The standard InChI is InChI=1S/C11H10N2O2/c12-7-9(11(13)15)10(14)6-8-4-2-1-3-5-8/h1-5,14H,6H2,(H2,13,15)/b10-9-. The first-order valence-electron chi connectivity index (χ1n) is 4.31. The third-order valence-electron chi connectivity index (χ3n) is 1.86. The zero-order chi connectivity index (χ0) is 11.3. The van der Waals surface area contributed by atoms with Crippen LogP contribution in [0.25, 0.3) is 0 Å². The van der Waals surface area contributed by atoms with Crippen LogP contribution in [0.5, 0.6) is 0 Å². The maximum absolute atomic E-state index is 10.7. The fourth-order valence-electron chi connectivity index (χ4n) is 1.14. The number of aliphatic hydroxyl groups excluding tert-OH is 1. The van der Waals surface area contributed by atoms with Gasteiger partial charge in [0.15, 0.2) is 5.57 Å². The van der Waals surface area contributed by atoms with Gasteiger partial charge in [0.2, 0.25) is 0 Å². The molecule has 1 aromatic rings. The molecule has 0 atom stereocenters. The molecular weight excluding hydrogens is 192 g/mol. The van der Waals surface area contributed by atoms with Gasteiger partial charge in [-0.25, -0.2) is 0 Å². The van der Waals surface area contributed by atoms with Crippen LogP contribution in [0.1, 0.15) is 5.56 Å². The van der Waals surface area contributed by atoms with Crippen LogP contribution >= 0.6 is 0 Å². The van der Waals surface area contributed by atoms with E-state index in [9.17, 15) is 9.90 Å².